The van der Waals surface area contributed by atoms with Crippen molar-refractivity contribution < 1.29 is 33.6 Å². The summed E-state index contributed by atoms with van der Waals surface area (Å²) < 4.78 is 11.6. The zero-order valence-corrected chi connectivity index (χ0v) is 8.22. The molecule has 8 nitrogen and oxygen atoms in total. The Hall–Kier alpha value is -1.44. The van der Waals surface area contributed by atoms with Crippen molar-refractivity contribution >= 4 is 29.9 Å². The number of halogens is 1. The number of carbonyl (C=O) groups is 4. The average Bonchev–Trinajstić information content (AvgIpc) is 2.20. The first-order chi connectivity index (χ1) is 7.03. The predicted octanol–water partition coefficient (Wildman–Crippen LogP) is 1.22. The van der Waals surface area contributed by atoms with Gasteiger partial charge < -0.3 is 0 Å². The normalized spacial score (nSPS) is 25.5. The number of rotatable bonds is 2. The van der Waals surface area contributed by atoms with Gasteiger partial charge in [-0.15, -0.1) is 0 Å². The van der Waals surface area contributed by atoms with E-state index in [4.69, 9.17) is 0 Å². The van der Waals surface area contributed by atoms with Crippen LogP contribution in [0.2, 0.25) is 0 Å². The third-order valence-corrected chi connectivity index (χ3v) is 5.65. The number of carbonyl (C=O) groups excluding carboxylic acids is 4. The van der Waals surface area contributed by atoms with E-state index in [0.717, 1.165) is 7.11 Å². The third-order valence-electron chi connectivity index (χ3n) is 2.27. The second-order valence-corrected chi connectivity index (χ2v) is 6.02. The van der Waals surface area contributed by atoms with Gasteiger partial charge in [0.2, 0.25) is 0 Å². The molecular weight excluding hydrogens is 234 g/mol. The van der Waals surface area contributed by atoms with Crippen LogP contribution in [0.1, 0.15) is 0 Å². The molecule has 0 radical (unpaired) electrons. The Bertz CT molecular complexity index is 337. The number of nitrogens with zero attached hydrogens (tertiary/aromatic N) is 2. The predicted molar refractivity (Wildman–Crippen MR) is 42.8 cm³/mol. The van der Waals surface area contributed by atoms with Crippen molar-refractivity contribution in [2.45, 2.75) is 0 Å². The molecule has 0 aromatic heterocycles. The summed E-state index contributed by atoms with van der Waals surface area (Å²) in [4.78, 5) is 49.2. The molecule has 2 rings (SSSR count). The van der Waals surface area contributed by atoms with Gasteiger partial charge in [0.05, 0.1) is 0 Å². The fraction of sp³-hybridized carbons (Fsp3) is 0.200. The Morgan fingerprint density at radius 1 is 1.00 bits per heavy atom. The zero-order chi connectivity index (χ0) is 11.4. The summed E-state index contributed by atoms with van der Waals surface area (Å²) in [6.45, 7) is 0. The average molecular weight is 238 g/mol. The second kappa shape index (κ2) is 2.78. The fourth-order valence-electron chi connectivity index (χ4n) is 1.47. The number of hydrogen-bond donors (Lipinski definition) is 0. The monoisotopic (exact) mass is 238 g/mol. The van der Waals surface area contributed by atoms with Gasteiger partial charge in [0, 0.05) is 0 Å². The molecule has 0 aromatic rings. The van der Waals surface area contributed by atoms with Crippen LogP contribution in [0.3, 0.4) is 0 Å². The van der Waals surface area contributed by atoms with Gasteiger partial charge in [0.15, 0.2) is 0 Å². The van der Waals surface area contributed by atoms with Crippen LogP contribution in [0.5, 0.6) is 0 Å². The minimum absolute atomic E-state index is 0.241. The van der Waals surface area contributed by atoms with Crippen LogP contribution >= 0.6 is 7.26 Å². The molecule has 15 heavy (non-hydrogen) atoms. The molecule has 0 saturated carbocycles. The molecular formula is C5H4FN2O6P. The summed E-state index contributed by atoms with van der Waals surface area (Å²) in [6.07, 6.45) is 0. The molecule has 2 aliphatic heterocycles. The van der Waals surface area contributed by atoms with Crippen molar-refractivity contribution in [3.05, 3.63) is 0 Å². The van der Waals surface area contributed by atoms with Gasteiger partial charge in [-0.3, -0.25) is 0 Å². The number of hydrogen-bond acceptors (Lipinski definition) is 6. The van der Waals surface area contributed by atoms with E-state index in [1.807, 2.05) is 0 Å². The van der Waals surface area contributed by atoms with E-state index in [2.05, 4.69) is 9.88 Å². The van der Waals surface area contributed by atoms with Crippen molar-refractivity contribution in [3.63, 3.8) is 0 Å². The van der Waals surface area contributed by atoms with Gasteiger partial charge in [-0.05, 0) is 0 Å². The number of hydroxylamine groups is 4. The summed E-state index contributed by atoms with van der Waals surface area (Å²) in [7, 11) is -3.03. The maximum absolute atomic E-state index is 11.6. The fourth-order valence-corrected chi connectivity index (χ4v) is 4.12. The molecule has 0 bridgehead atoms. The van der Waals surface area contributed by atoms with Crippen LogP contribution in [0, 0.1) is 0 Å². The van der Waals surface area contributed by atoms with Crippen LogP contribution in [0.4, 0.5) is 23.7 Å². The maximum atomic E-state index is 11.6. The Balaban J connectivity index is 2.34. The molecule has 1 spiro atoms. The summed E-state index contributed by atoms with van der Waals surface area (Å²) in [5.41, 5.74) is -4.42. The van der Waals surface area contributed by atoms with Gasteiger partial charge in [-0.2, -0.15) is 0 Å². The van der Waals surface area contributed by atoms with Crippen LogP contribution in [0.25, 0.3) is 0 Å². The summed E-state index contributed by atoms with van der Waals surface area (Å²) in [5, 5.41) is 2.97. The van der Waals surface area contributed by atoms with Crippen LogP contribution in [0.15, 0.2) is 0 Å². The molecule has 10 heteroatoms. The molecule has 2 aliphatic rings. The topological polar surface area (TPSA) is 93.2 Å². The van der Waals surface area contributed by atoms with Gasteiger partial charge in [0.25, 0.3) is 0 Å². The first kappa shape index (κ1) is 10.1. The number of imide groups is 2. The Labute approximate surface area is 81.6 Å². The number of amides is 4. The molecule has 0 N–H and O–H groups in total. The van der Waals surface area contributed by atoms with Crippen LogP contribution in [-0.2, 0) is 9.88 Å². The second-order valence-electron chi connectivity index (χ2n) is 2.81. The standard InChI is InChI=1S/C5H4FN2O6P/c1-13-7-2(9)15(3(7)10)4(11)8(14-6)5(15)12/h15H,1H3. The van der Waals surface area contributed by atoms with E-state index < -0.39 is 29.9 Å². The quantitative estimate of drug-likeness (QED) is 0.671. The van der Waals surface area contributed by atoms with Crippen LogP contribution in [-0.4, -0.2) is 39.8 Å². The molecule has 0 aromatic carbocycles. The van der Waals surface area contributed by atoms with Gasteiger partial charge in [-0.1, -0.05) is 0 Å². The van der Waals surface area contributed by atoms with Crippen molar-refractivity contribution in [1.29, 1.82) is 0 Å². The summed E-state index contributed by atoms with van der Waals surface area (Å²) in [5.74, 6) is 0. The molecule has 0 aliphatic carbocycles. The van der Waals surface area contributed by atoms with E-state index in [1.54, 1.807) is 0 Å². The minimum atomic E-state index is -4.07. The molecule has 82 valence electrons. The first-order valence-electron chi connectivity index (χ1n) is 3.64. The van der Waals surface area contributed by atoms with Gasteiger partial charge >= 0.3 is 80.7 Å². The third kappa shape index (κ3) is 0.773. The zero-order valence-electron chi connectivity index (χ0n) is 7.22. The van der Waals surface area contributed by atoms with Gasteiger partial charge in [-0.25, -0.2) is 0 Å². The van der Waals surface area contributed by atoms with E-state index in [-0.39, 0.29) is 5.06 Å². The first-order valence-corrected chi connectivity index (χ1v) is 5.64. The van der Waals surface area contributed by atoms with E-state index in [0.29, 0.717) is 5.06 Å². The Morgan fingerprint density at radius 3 is 1.73 bits per heavy atom. The SMILES string of the molecule is CON1C(=O)[PH]2(C1=O)C(=O)N(OF)C2=O. The molecule has 2 saturated heterocycles. The molecule has 0 atom stereocenters. The summed E-state index contributed by atoms with van der Waals surface area (Å²) in [6, 6.07) is 0. The van der Waals surface area contributed by atoms with Crippen LogP contribution < -0.4 is 0 Å². The summed E-state index contributed by atoms with van der Waals surface area (Å²) >= 11 is 0. The van der Waals surface area contributed by atoms with E-state index >= 15 is 0 Å². The van der Waals surface area contributed by atoms with Gasteiger partial charge in [0.1, 0.15) is 0 Å². The van der Waals surface area contributed by atoms with Crippen molar-refractivity contribution in [1.82, 2.24) is 10.1 Å². The molecule has 0 unspecified atom stereocenters. The van der Waals surface area contributed by atoms with Crippen molar-refractivity contribution in [3.8, 4) is 0 Å². The molecule has 4 amide bonds. The van der Waals surface area contributed by atoms with E-state index in [1.165, 1.54) is 0 Å². The van der Waals surface area contributed by atoms with E-state index in [9.17, 15) is 23.7 Å². The van der Waals surface area contributed by atoms with Crippen molar-refractivity contribution in [2.24, 2.45) is 0 Å². The molecule has 2 fully saturated rings. The Kier molecular flexibility index (Phi) is 1.87. The molecule has 2 heterocycles. The van der Waals surface area contributed by atoms with Crippen molar-refractivity contribution in [2.75, 3.05) is 7.11 Å². The Morgan fingerprint density at radius 2 is 1.40 bits per heavy atom.